The molecule has 1 amide bonds. The van der Waals surface area contributed by atoms with Crippen LogP contribution >= 0.6 is 11.6 Å². The summed E-state index contributed by atoms with van der Waals surface area (Å²) in [6.07, 6.45) is 2.93. The smallest absolute Gasteiger partial charge is 0.231 e. The Morgan fingerprint density at radius 2 is 2.05 bits per heavy atom. The van der Waals surface area contributed by atoms with Crippen molar-refractivity contribution < 1.29 is 4.79 Å². The molecule has 0 spiro atoms. The van der Waals surface area contributed by atoms with E-state index in [1.807, 2.05) is 18.2 Å². The molecule has 0 heterocycles. The maximum atomic E-state index is 12.6. The van der Waals surface area contributed by atoms with Crippen molar-refractivity contribution in [1.82, 2.24) is 0 Å². The third-order valence-corrected chi connectivity index (χ3v) is 4.26. The van der Waals surface area contributed by atoms with Gasteiger partial charge in [-0.3, -0.25) is 4.79 Å². The summed E-state index contributed by atoms with van der Waals surface area (Å²) in [5.41, 5.74) is 9.30. The van der Waals surface area contributed by atoms with Crippen LogP contribution in [0.1, 0.15) is 29.9 Å². The SMILES string of the molecule is Nc1ccc(Cl)c(NC(=O)C2CCCc3ccccc32)c1. The molecule has 0 fully saturated rings. The fourth-order valence-electron chi connectivity index (χ4n) is 2.88. The summed E-state index contributed by atoms with van der Waals surface area (Å²) in [5, 5.41) is 3.41. The van der Waals surface area contributed by atoms with Crippen LogP contribution in [0.2, 0.25) is 5.02 Å². The monoisotopic (exact) mass is 300 g/mol. The Kier molecular flexibility index (Phi) is 3.84. The molecule has 0 saturated carbocycles. The number of carbonyl (C=O) groups excluding carboxylic acids is 1. The fraction of sp³-hybridized carbons (Fsp3) is 0.235. The lowest BCUT2D eigenvalue weighted by molar-refractivity contribution is -0.117. The average Bonchev–Trinajstić information content (AvgIpc) is 2.50. The van der Waals surface area contributed by atoms with Crippen molar-refractivity contribution in [3.63, 3.8) is 0 Å². The number of benzene rings is 2. The number of nitrogens with one attached hydrogen (secondary N) is 1. The summed E-state index contributed by atoms with van der Waals surface area (Å²) in [6.45, 7) is 0. The van der Waals surface area contributed by atoms with E-state index in [2.05, 4.69) is 11.4 Å². The van der Waals surface area contributed by atoms with Gasteiger partial charge < -0.3 is 11.1 Å². The van der Waals surface area contributed by atoms with Gasteiger partial charge in [0.1, 0.15) is 0 Å². The number of rotatable bonds is 2. The second kappa shape index (κ2) is 5.78. The average molecular weight is 301 g/mol. The molecule has 108 valence electrons. The molecule has 2 aromatic carbocycles. The molecule has 4 heteroatoms. The number of anilines is 2. The lowest BCUT2D eigenvalue weighted by Gasteiger charge is -2.24. The number of hydrogen-bond acceptors (Lipinski definition) is 2. The van der Waals surface area contributed by atoms with Crippen LogP contribution in [0.4, 0.5) is 11.4 Å². The van der Waals surface area contributed by atoms with E-state index in [1.165, 1.54) is 5.56 Å². The second-order valence-corrected chi connectivity index (χ2v) is 5.78. The van der Waals surface area contributed by atoms with Crippen LogP contribution in [0.5, 0.6) is 0 Å². The van der Waals surface area contributed by atoms with Gasteiger partial charge in [0.25, 0.3) is 0 Å². The molecular weight excluding hydrogens is 284 g/mol. The Morgan fingerprint density at radius 1 is 1.24 bits per heavy atom. The molecule has 3 nitrogen and oxygen atoms in total. The number of amides is 1. The van der Waals surface area contributed by atoms with Crippen molar-refractivity contribution in [2.24, 2.45) is 0 Å². The van der Waals surface area contributed by atoms with Gasteiger partial charge in [-0.05, 0) is 48.6 Å². The molecule has 1 aliphatic carbocycles. The first kappa shape index (κ1) is 14.0. The van der Waals surface area contributed by atoms with E-state index in [1.54, 1.807) is 18.2 Å². The molecule has 2 aromatic rings. The molecule has 0 aliphatic heterocycles. The standard InChI is InChI=1S/C17H17ClN2O/c18-15-9-8-12(19)10-16(15)20-17(21)14-7-3-5-11-4-1-2-6-13(11)14/h1-2,4,6,8-10,14H,3,5,7,19H2,(H,20,21). The van der Waals surface area contributed by atoms with Crippen molar-refractivity contribution in [1.29, 1.82) is 0 Å². The Balaban J connectivity index is 1.85. The van der Waals surface area contributed by atoms with Crippen molar-refractivity contribution in [2.45, 2.75) is 25.2 Å². The maximum absolute atomic E-state index is 12.6. The summed E-state index contributed by atoms with van der Waals surface area (Å²) in [7, 11) is 0. The molecule has 1 aliphatic rings. The van der Waals surface area contributed by atoms with Gasteiger partial charge in [-0.25, -0.2) is 0 Å². The van der Waals surface area contributed by atoms with E-state index in [0.29, 0.717) is 16.4 Å². The molecule has 0 aromatic heterocycles. The van der Waals surface area contributed by atoms with Gasteiger partial charge in [-0.1, -0.05) is 35.9 Å². The van der Waals surface area contributed by atoms with Gasteiger partial charge in [0.15, 0.2) is 0 Å². The van der Waals surface area contributed by atoms with E-state index in [9.17, 15) is 4.79 Å². The van der Waals surface area contributed by atoms with Gasteiger partial charge >= 0.3 is 0 Å². The molecule has 0 bridgehead atoms. The predicted octanol–water partition coefficient (Wildman–Crippen LogP) is 3.98. The molecule has 0 saturated heterocycles. The van der Waals surface area contributed by atoms with Crippen LogP contribution in [0.3, 0.4) is 0 Å². The zero-order valence-electron chi connectivity index (χ0n) is 11.6. The predicted molar refractivity (Wildman–Crippen MR) is 86.6 cm³/mol. The minimum Gasteiger partial charge on any atom is -0.399 e. The summed E-state index contributed by atoms with van der Waals surface area (Å²) in [5.74, 6) is -0.137. The van der Waals surface area contributed by atoms with E-state index >= 15 is 0 Å². The van der Waals surface area contributed by atoms with Crippen molar-refractivity contribution in [3.8, 4) is 0 Å². The van der Waals surface area contributed by atoms with Crippen LogP contribution < -0.4 is 11.1 Å². The van der Waals surface area contributed by atoms with Gasteiger partial charge in [0.05, 0.1) is 16.6 Å². The van der Waals surface area contributed by atoms with Crippen LogP contribution in [-0.2, 0) is 11.2 Å². The molecule has 21 heavy (non-hydrogen) atoms. The second-order valence-electron chi connectivity index (χ2n) is 5.37. The minimum atomic E-state index is -0.118. The molecule has 0 radical (unpaired) electrons. The number of nitrogen functional groups attached to an aromatic ring is 1. The van der Waals surface area contributed by atoms with E-state index in [-0.39, 0.29) is 11.8 Å². The normalized spacial score (nSPS) is 17.1. The number of halogens is 1. The Bertz CT molecular complexity index is 684. The molecule has 3 N–H and O–H groups in total. The number of fused-ring (bicyclic) bond motifs is 1. The number of nitrogens with two attached hydrogens (primary N) is 1. The van der Waals surface area contributed by atoms with Crippen molar-refractivity contribution in [3.05, 3.63) is 58.6 Å². The topological polar surface area (TPSA) is 55.1 Å². The first-order chi connectivity index (χ1) is 10.1. The summed E-state index contributed by atoms with van der Waals surface area (Å²) >= 11 is 6.11. The largest absolute Gasteiger partial charge is 0.399 e. The number of aryl methyl sites for hydroxylation is 1. The Labute approximate surface area is 129 Å². The van der Waals surface area contributed by atoms with E-state index in [0.717, 1.165) is 24.8 Å². The van der Waals surface area contributed by atoms with Crippen LogP contribution in [0.25, 0.3) is 0 Å². The third-order valence-electron chi connectivity index (χ3n) is 3.93. The first-order valence-corrected chi connectivity index (χ1v) is 7.46. The summed E-state index contributed by atoms with van der Waals surface area (Å²) < 4.78 is 0. The highest BCUT2D eigenvalue weighted by molar-refractivity contribution is 6.33. The summed E-state index contributed by atoms with van der Waals surface area (Å²) in [6, 6.07) is 13.2. The van der Waals surface area contributed by atoms with Crippen LogP contribution in [-0.4, -0.2) is 5.91 Å². The number of carbonyl (C=O) groups is 1. The quantitative estimate of drug-likeness (QED) is 0.824. The molecular formula is C17H17ClN2O. The van der Waals surface area contributed by atoms with Crippen LogP contribution in [0, 0.1) is 0 Å². The van der Waals surface area contributed by atoms with Gasteiger partial charge in [-0.15, -0.1) is 0 Å². The third kappa shape index (κ3) is 2.88. The van der Waals surface area contributed by atoms with Crippen molar-refractivity contribution in [2.75, 3.05) is 11.1 Å². The summed E-state index contributed by atoms with van der Waals surface area (Å²) in [4.78, 5) is 12.6. The number of hydrogen-bond donors (Lipinski definition) is 2. The lowest BCUT2D eigenvalue weighted by Crippen LogP contribution is -2.24. The zero-order chi connectivity index (χ0) is 14.8. The lowest BCUT2D eigenvalue weighted by atomic mass is 9.82. The van der Waals surface area contributed by atoms with Gasteiger partial charge in [0, 0.05) is 5.69 Å². The Morgan fingerprint density at radius 3 is 2.90 bits per heavy atom. The van der Waals surface area contributed by atoms with Gasteiger partial charge in [0.2, 0.25) is 5.91 Å². The zero-order valence-corrected chi connectivity index (χ0v) is 12.4. The van der Waals surface area contributed by atoms with Gasteiger partial charge in [-0.2, -0.15) is 0 Å². The maximum Gasteiger partial charge on any atom is 0.231 e. The van der Waals surface area contributed by atoms with Crippen LogP contribution in [0.15, 0.2) is 42.5 Å². The highest BCUT2D eigenvalue weighted by Crippen LogP contribution is 2.33. The highest BCUT2D eigenvalue weighted by atomic mass is 35.5. The molecule has 3 rings (SSSR count). The van der Waals surface area contributed by atoms with Crippen molar-refractivity contribution >= 4 is 28.9 Å². The van der Waals surface area contributed by atoms with E-state index < -0.39 is 0 Å². The fourth-order valence-corrected chi connectivity index (χ4v) is 3.05. The minimum absolute atomic E-state index is 0.0188. The highest BCUT2D eigenvalue weighted by Gasteiger charge is 2.26. The molecule has 1 unspecified atom stereocenters. The van der Waals surface area contributed by atoms with E-state index in [4.69, 9.17) is 17.3 Å². The first-order valence-electron chi connectivity index (χ1n) is 7.09. The Hall–Kier alpha value is -2.00. The molecule has 1 atom stereocenters.